The Balaban J connectivity index is 2.06. The smallest absolute Gasteiger partial charge is 0.308 e. The van der Waals surface area contributed by atoms with E-state index in [4.69, 9.17) is 4.74 Å². The summed E-state index contributed by atoms with van der Waals surface area (Å²) < 4.78 is 4.88. The Bertz CT molecular complexity index is 510. The van der Waals surface area contributed by atoms with Crippen LogP contribution in [0.1, 0.15) is 30.9 Å². The normalized spacial score (nSPS) is 22.2. The van der Waals surface area contributed by atoms with E-state index >= 15 is 0 Å². The number of carbonyl (C=O) groups is 1. The molecule has 0 radical (unpaired) electrons. The molecule has 0 saturated carbocycles. The van der Waals surface area contributed by atoms with E-state index in [9.17, 15) is 9.90 Å². The second-order valence-corrected chi connectivity index (χ2v) is 4.96. The number of aryl methyl sites for hydroxylation is 1. The molecule has 1 atom stereocenters. The maximum absolute atomic E-state index is 11.5. The van der Waals surface area contributed by atoms with Crippen LogP contribution in [0.2, 0.25) is 0 Å². The third-order valence-electron chi connectivity index (χ3n) is 3.30. The van der Waals surface area contributed by atoms with Crippen LogP contribution in [0.15, 0.2) is 29.3 Å². The lowest BCUT2D eigenvalue weighted by Crippen LogP contribution is -2.34. The van der Waals surface area contributed by atoms with Gasteiger partial charge in [-0.2, -0.15) is 0 Å². The van der Waals surface area contributed by atoms with Gasteiger partial charge in [-0.05, 0) is 25.0 Å². The van der Waals surface area contributed by atoms with Gasteiger partial charge < -0.3 is 9.84 Å². The lowest BCUT2D eigenvalue weighted by molar-refractivity contribution is -0.147. The first kappa shape index (κ1) is 13.7. The predicted octanol–water partition coefficient (Wildman–Crippen LogP) is 1.87. The zero-order chi connectivity index (χ0) is 13.9. The number of nitrogens with zero attached hydrogens (tertiary/aromatic N) is 1. The second-order valence-electron chi connectivity index (χ2n) is 4.96. The minimum atomic E-state index is -1.09. The zero-order valence-electron chi connectivity index (χ0n) is 11.3. The van der Waals surface area contributed by atoms with Gasteiger partial charge in [0.05, 0.1) is 19.6 Å². The number of esters is 1. The summed E-state index contributed by atoms with van der Waals surface area (Å²) >= 11 is 0. The number of carbonyl (C=O) groups excluding carboxylic acids is 1. The van der Waals surface area contributed by atoms with Crippen LogP contribution in [-0.4, -0.2) is 35.5 Å². The van der Waals surface area contributed by atoms with E-state index in [1.807, 2.05) is 31.2 Å². The van der Waals surface area contributed by atoms with Crippen molar-refractivity contribution in [2.24, 2.45) is 4.99 Å². The molecule has 0 fully saturated rings. The van der Waals surface area contributed by atoms with Gasteiger partial charge in [0.1, 0.15) is 5.60 Å². The fourth-order valence-electron chi connectivity index (χ4n) is 2.34. The molecule has 0 saturated heterocycles. The average Bonchev–Trinajstić information content (AvgIpc) is 2.72. The summed E-state index contributed by atoms with van der Waals surface area (Å²) in [5, 5.41) is 10.4. The molecule has 1 aliphatic rings. The largest absolute Gasteiger partial charge is 0.466 e. The molecule has 0 aromatic heterocycles. The van der Waals surface area contributed by atoms with Crippen LogP contribution in [0, 0.1) is 6.92 Å². The molecule has 1 unspecified atom stereocenters. The average molecular weight is 261 g/mol. The Labute approximate surface area is 113 Å². The van der Waals surface area contributed by atoms with Gasteiger partial charge in [-0.3, -0.25) is 9.79 Å². The van der Waals surface area contributed by atoms with Crippen molar-refractivity contribution in [1.29, 1.82) is 0 Å². The Morgan fingerprint density at radius 3 is 2.89 bits per heavy atom. The highest BCUT2D eigenvalue weighted by Crippen LogP contribution is 2.27. The number of ether oxygens (including phenoxy) is 1. The number of rotatable bonds is 4. The standard InChI is InChI=1S/C15H19NO3/c1-3-19-14(17)9-15(18)8-13(16-10-15)12-7-5-4-6-11(12)2/h4-7,18H,3,8-10H2,1-2H3. The van der Waals surface area contributed by atoms with Crippen molar-refractivity contribution < 1.29 is 14.6 Å². The molecule has 4 heteroatoms. The van der Waals surface area contributed by atoms with Crippen molar-refractivity contribution in [2.75, 3.05) is 13.2 Å². The van der Waals surface area contributed by atoms with Gasteiger partial charge in [0.25, 0.3) is 0 Å². The van der Waals surface area contributed by atoms with Crippen molar-refractivity contribution in [3.8, 4) is 0 Å². The van der Waals surface area contributed by atoms with E-state index in [1.165, 1.54) is 0 Å². The molecule has 0 bridgehead atoms. The Kier molecular flexibility index (Phi) is 4.00. The summed E-state index contributed by atoms with van der Waals surface area (Å²) in [5.41, 5.74) is 1.94. The van der Waals surface area contributed by atoms with Crippen molar-refractivity contribution in [2.45, 2.75) is 32.3 Å². The fourth-order valence-corrected chi connectivity index (χ4v) is 2.34. The van der Waals surface area contributed by atoms with Gasteiger partial charge in [0, 0.05) is 12.1 Å². The third kappa shape index (κ3) is 3.20. The molecule has 1 aromatic rings. The van der Waals surface area contributed by atoms with Crippen molar-refractivity contribution in [1.82, 2.24) is 0 Å². The molecule has 0 amide bonds. The van der Waals surface area contributed by atoms with E-state index < -0.39 is 5.60 Å². The fraction of sp³-hybridized carbons (Fsp3) is 0.467. The Hall–Kier alpha value is -1.68. The van der Waals surface area contributed by atoms with E-state index in [-0.39, 0.29) is 18.9 Å². The summed E-state index contributed by atoms with van der Waals surface area (Å²) in [4.78, 5) is 15.9. The van der Waals surface area contributed by atoms with E-state index in [0.29, 0.717) is 13.0 Å². The van der Waals surface area contributed by atoms with Gasteiger partial charge in [0.15, 0.2) is 0 Å². The maximum Gasteiger partial charge on any atom is 0.308 e. The van der Waals surface area contributed by atoms with Crippen LogP contribution in [0.3, 0.4) is 0 Å². The quantitative estimate of drug-likeness (QED) is 0.842. The highest BCUT2D eigenvalue weighted by Gasteiger charge is 2.37. The SMILES string of the molecule is CCOC(=O)CC1(O)CN=C(c2ccccc2C)C1. The second kappa shape index (κ2) is 5.53. The molecule has 1 aliphatic heterocycles. The molecule has 1 aromatic carbocycles. The highest BCUT2D eigenvalue weighted by atomic mass is 16.5. The molecule has 1 N–H and O–H groups in total. The molecule has 19 heavy (non-hydrogen) atoms. The highest BCUT2D eigenvalue weighted by molar-refractivity contribution is 6.03. The summed E-state index contributed by atoms with van der Waals surface area (Å²) in [6.07, 6.45) is 0.399. The molecular formula is C15H19NO3. The summed E-state index contributed by atoms with van der Waals surface area (Å²) in [6.45, 7) is 4.36. The molecule has 102 valence electrons. The molecule has 1 heterocycles. The van der Waals surface area contributed by atoms with Crippen LogP contribution in [0.25, 0.3) is 0 Å². The van der Waals surface area contributed by atoms with E-state index in [2.05, 4.69) is 4.99 Å². The zero-order valence-corrected chi connectivity index (χ0v) is 11.3. The minimum absolute atomic E-state index is 0.000277. The molecule has 4 nitrogen and oxygen atoms in total. The first-order valence-corrected chi connectivity index (χ1v) is 6.51. The van der Waals surface area contributed by atoms with E-state index in [1.54, 1.807) is 6.92 Å². The van der Waals surface area contributed by atoms with Gasteiger partial charge in [0.2, 0.25) is 0 Å². The topological polar surface area (TPSA) is 58.9 Å². The van der Waals surface area contributed by atoms with Gasteiger partial charge in [-0.25, -0.2) is 0 Å². The summed E-state index contributed by atoms with van der Waals surface area (Å²) in [7, 11) is 0. The lowest BCUT2D eigenvalue weighted by Gasteiger charge is -2.20. The van der Waals surface area contributed by atoms with Crippen LogP contribution in [0.4, 0.5) is 0 Å². The number of aliphatic hydroxyl groups is 1. The maximum atomic E-state index is 11.5. The van der Waals surface area contributed by atoms with Crippen molar-refractivity contribution in [3.05, 3.63) is 35.4 Å². The van der Waals surface area contributed by atoms with Crippen LogP contribution >= 0.6 is 0 Å². The van der Waals surface area contributed by atoms with Crippen LogP contribution in [0.5, 0.6) is 0 Å². The van der Waals surface area contributed by atoms with E-state index in [0.717, 1.165) is 16.8 Å². The Morgan fingerprint density at radius 2 is 2.21 bits per heavy atom. The van der Waals surface area contributed by atoms with Crippen LogP contribution < -0.4 is 0 Å². The van der Waals surface area contributed by atoms with Crippen molar-refractivity contribution >= 4 is 11.7 Å². The Morgan fingerprint density at radius 1 is 1.47 bits per heavy atom. The number of hydrogen-bond donors (Lipinski definition) is 1. The van der Waals surface area contributed by atoms with Gasteiger partial charge >= 0.3 is 5.97 Å². The number of aliphatic imine (C=N–C) groups is 1. The predicted molar refractivity (Wildman–Crippen MR) is 73.4 cm³/mol. The lowest BCUT2D eigenvalue weighted by atomic mass is 9.92. The minimum Gasteiger partial charge on any atom is -0.466 e. The summed E-state index contributed by atoms with van der Waals surface area (Å²) in [5.74, 6) is -0.369. The van der Waals surface area contributed by atoms with Crippen molar-refractivity contribution in [3.63, 3.8) is 0 Å². The van der Waals surface area contributed by atoms with Gasteiger partial charge in [-0.15, -0.1) is 0 Å². The molecular weight excluding hydrogens is 242 g/mol. The monoisotopic (exact) mass is 261 g/mol. The first-order valence-electron chi connectivity index (χ1n) is 6.51. The number of hydrogen-bond acceptors (Lipinski definition) is 4. The van der Waals surface area contributed by atoms with Gasteiger partial charge in [-0.1, -0.05) is 24.3 Å². The summed E-state index contributed by atoms with van der Waals surface area (Å²) in [6, 6.07) is 7.93. The van der Waals surface area contributed by atoms with Crippen LogP contribution in [-0.2, 0) is 9.53 Å². The third-order valence-corrected chi connectivity index (χ3v) is 3.30. The number of benzene rings is 1. The first-order chi connectivity index (χ1) is 9.04. The molecule has 2 rings (SSSR count). The molecule has 0 spiro atoms. The molecule has 0 aliphatic carbocycles.